The molecule has 0 spiro atoms. The summed E-state index contributed by atoms with van der Waals surface area (Å²) in [7, 11) is 0. The second-order valence-corrected chi connectivity index (χ2v) is 6.03. The van der Waals surface area contributed by atoms with E-state index in [9.17, 15) is 4.79 Å². The smallest absolute Gasteiger partial charge is 0.344 e. The average molecular weight is 305 g/mol. The lowest BCUT2D eigenvalue weighted by molar-refractivity contribution is 0.0714. The summed E-state index contributed by atoms with van der Waals surface area (Å²) in [5.41, 5.74) is 3.72. The van der Waals surface area contributed by atoms with Crippen LogP contribution in [0, 0.1) is 0 Å². The monoisotopic (exact) mass is 305 g/mol. The molecule has 3 nitrogen and oxygen atoms in total. The normalized spacial score (nSPS) is 19.3. The van der Waals surface area contributed by atoms with Crippen molar-refractivity contribution >= 4 is 17.4 Å². The van der Waals surface area contributed by atoms with Gasteiger partial charge in [-0.1, -0.05) is 48.5 Å². The van der Waals surface area contributed by atoms with Gasteiger partial charge in [0.05, 0.1) is 11.3 Å². The molecule has 0 bridgehead atoms. The van der Waals surface area contributed by atoms with E-state index < -0.39 is 0 Å². The lowest BCUT2D eigenvalue weighted by Crippen LogP contribution is -2.29. The highest BCUT2D eigenvalue weighted by molar-refractivity contribution is 6.07. The quantitative estimate of drug-likeness (QED) is 0.780. The first-order chi connectivity index (χ1) is 11.3. The van der Waals surface area contributed by atoms with Crippen molar-refractivity contribution < 1.29 is 9.53 Å². The molecule has 0 unspecified atom stereocenters. The minimum atomic E-state index is -0.249. The summed E-state index contributed by atoms with van der Waals surface area (Å²) in [4.78, 5) is 14.6. The Morgan fingerprint density at radius 3 is 2.22 bits per heavy atom. The van der Waals surface area contributed by atoms with E-state index in [0.29, 0.717) is 11.3 Å². The third-order valence-electron chi connectivity index (χ3n) is 4.52. The van der Waals surface area contributed by atoms with Crippen molar-refractivity contribution in [3.05, 3.63) is 71.3 Å². The molecule has 2 aromatic carbocycles. The van der Waals surface area contributed by atoms with Gasteiger partial charge in [-0.25, -0.2) is 4.79 Å². The molecule has 0 radical (unpaired) electrons. The number of benzene rings is 2. The van der Waals surface area contributed by atoms with Crippen LogP contribution < -0.4 is 0 Å². The lowest BCUT2D eigenvalue weighted by Gasteiger charge is -2.32. The van der Waals surface area contributed by atoms with E-state index >= 15 is 0 Å². The number of esters is 1. The van der Waals surface area contributed by atoms with Gasteiger partial charge in [0, 0.05) is 24.2 Å². The number of fused-ring (bicyclic) bond motifs is 1. The van der Waals surface area contributed by atoms with Gasteiger partial charge in [0.25, 0.3) is 0 Å². The van der Waals surface area contributed by atoms with E-state index in [-0.39, 0.29) is 5.97 Å². The third-order valence-corrected chi connectivity index (χ3v) is 4.52. The van der Waals surface area contributed by atoms with Crippen molar-refractivity contribution in [1.29, 1.82) is 0 Å². The molecular weight excluding hydrogens is 286 g/mol. The van der Waals surface area contributed by atoms with Crippen molar-refractivity contribution in [2.45, 2.75) is 19.3 Å². The van der Waals surface area contributed by atoms with Crippen LogP contribution >= 0.6 is 0 Å². The van der Waals surface area contributed by atoms with Crippen LogP contribution in [0.1, 0.15) is 40.7 Å². The van der Waals surface area contributed by atoms with E-state index in [4.69, 9.17) is 4.74 Å². The molecule has 0 aromatic heterocycles. The van der Waals surface area contributed by atoms with Crippen molar-refractivity contribution in [3.8, 4) is 0 Å². The van der Waals surface area contributed by atoms with Gasteiger partial charge in [0.15, 0.2) is 5.76 Å². The summed E-state index contributed by atoms with van der Waals surface area (Å²) < 4.78 is 5.70. The van der Waals surface area contributed by atoms with Gasteiger partial charge >= 0.3 is 5.97 Å². The fraction of sp³-hybridized carbons (Fsp3) is 0.250. The van der Waals surface area contributed by atoms with Crippen LogP contribution in [0.5, 0.6) is 0 Å². The zero-order valence-corrected chi connectivity index (χ0v) is 13.0. The number of cyclic esters (lactones) is 1. The number of likely N-dealkylation sites (tertiary alicyclic amines) is 1. The Hall–Kier alpha value is -2.55. The second kappa shape index (κ2) is 5.92. The predicted molar refractivity (Wildman–Crippen MR) is 90.5 cm³/mol. The minimum absolute atomic E-state index is 0.249. The molecule has 2 aliphatic rings. The minimum Gasteiger partial charge on any atom is -0.420 e. The molecule has 2 aromatic rings. The molecule has 1 saturated heterocycles. The number of hydrogen-bond acceptors (Lipinski definition) is 3. The molecule has 2 heterocycles. The van der Waals surface area contributed by atoms with Gasteiger partial charge < -0.3 is 9.64 Å². The number of nitrogens with zero attached hydrogens (tertiary/aromatic N) is 1. The zero-order valence-electron chi connectivity index (χ0n) is 13.0. The molecule has 0 N–H and O–H groups in total. The molecule has 0 amide bonds. The maximum absolute atomic E-state index is 12.2. The SMILES string of the molecule is O=C1O/C(=C(/c2ccccc2)N2CCCCC2)c2ccccc21. The summed E-state index contributed by atoms with van der Waals surface area (Å²) in [6.45, 7) is 2.01. The summed E-state index contributed by atoms with van der Waals surface area (Å²) in [5, 5.41) is 0. The van der Waals surface area contributed by atoms with E-state index in [0.717, 1.165) is 29.9 Å². The molecule has 4 rings (SSSR count). The van der Waals surface area contributed by atoms with Crippen LogP contribution in [-0.4, -0.2) is 24.0 Å². The summed E-state index contributed by atoms with van der Waals surface area (Å²) in [6.07, 6.45) is 3.63. The molecule has 116 valence electrons. The number of piperidine rings is 1. The maximum Gasteiger partial charge on any atom is 0.344 e. The molecule has 0 saturated carbocycles. The summed E-state index contributed by atoms with van der Waals surface area (Å²) >= 11 is 0. The third kappa shape index (κ3) is 2.52. The van der Waals surface area contributed by atoms with Gasteiger partial charge in [-0.2, -0.15) is 0 Å². The Balaban J connectivity index is 1.90. The molecule has 0 atom stereocenters. The standard InChI is InChI=1S/C20H19NO2/c22-20-17-12-6-5-11-16(17)19(23-20)18(15-9-3-1-4-10-15)21-13-7-2-8-14-21/h1,3-6,9-12H,2,7-8,13-14H2/b19-18-. The zero-order chi connectivity index (χ0) is 15.6. The van der Waals surface area contributed by atoms with Crippen molar-refractivity contribution in [1.82, 2.24) is 4.90 Å². The number of ether oxygens (including phenoxy) is 1. The highest BCUT2D eigenvalue weighted by Crippen LogP contribution is 2.38. The molecule has 1 fully saturated rings. The average Bonchev–Trinajstić information content (AvgIpc) is 2.94. The first kappa shape index (κ1) is 14.1. The number of carbonyl (C=O) groups is 1. The Bertz CT molecular complexity index is 758. The summed E-state index contributed by atoms with van der Waals surface area (Å²) in [5.74, 6) is 0.458. The predicted octanol–water partition coefficient (Wildman–Crippen LogP) is 4.17. The maximum atomic E-state index is 12.2. The Labute approximate surface area is 136 Å². The van der Waals surface area contributed by atoms with Gasteiger partial charge in [-0.3, -0.25) is 0 Å². The van der Waals surface area contributed by atoms with Crippen LogP contribution in [0.2, 0.25) is 0 Å². The van der Waals surface area contributed by atoms with Crippen LogP contribution in [0.15, 0.2) is 54.6 Å². The first-order valence-corrected chi connectivity index (χ1v) is 8.21. The fourth-order valence-corrected chi connectivity index (χ4v) is 3.41. The summed E-state index contributed by atoms with van der Waals surface area (Å²) in [6, 6.07) is 17.9. The number of hydrogen-bond donors (Lipinski definition) is 0. The molecule has 23 heavy (non-hydrogen) atoms. The van der Waals surface area contributed by atoms with Crippen molar-refractivity contribution in [2.24, 2.45) is 0 Å². The van der Waals surface area contributed by atoms with Crippen molar-refractivity contribution in [3.63, 3.8) is 0 Å². The topological polar surface area (TPSA) is 29.5 Å². The Kier molecular flexibility index (Phi) is 3.62. The molecular formula is C20H19NO2. The van der Waals surface area contributed by atoms with Gasteiger partial charge in [0.2, 0.25) is 0 Å². The van der Waals surface area contributed by atoms with Gasteiger partial charge in [-0.05, 0) is 25.3 Å². The van der Waals surface area contributed by atoms with Crippen LogP contribution in [-0.2, 0) is 4.74 Å². The van der Waals surface area contributed by atoms with E-state index in [1.807, 2.05) is 42.5 Å². The second-order valence-electron chi connectivity index (χ2n) is 6.03. The van der Waals surface area contributed by atoms with E-state index in [2.05, 4.69) is 17.0 Å². The fourth-order valence-electron chi connectivity index (χ4n) is 3.41. The van der Waals surface area contributed by atoms with Crippen molar-refractivity contribution in [2.75, 3.05) is 13.1 Å². The molecule has 2 aliphatic heterocycles. The van der Waals surface area contributed by atoms with Crippen LogP contribution in [0.3, 0.4) is 0 Å². The van der Waals surface area contributed by atoms with Crippen LogP contribution in [0.25, 0.3) is 11.5 Å². The molecule has 3 heteroatoms. The highest BCUT2D eigenvalue weighted by Gasteiger charge is 2.31. The molecule has 0 aliphatic carbocycles. The highest BCUT2D eigenvalue weighted by atomic mass is 16.5. The lowest BCUT2D eigenvalue weighted by atomic mass is 10.0. The Morgan fingerprint density at radius 2 is 1.48 bits per heavy atom. The van der Waals surface area contributed by atoms with Crippen LogP contribution in [0.4, 0.5) is 0 Å². The van der Waals surface area contributed by atoms with E-state index in [1.165, 1.54) is 19.3 Å². The van der Waals surface area contributed by atoms with Gasteiger partial charge in [0.1, 0.15) is 0 Å². The first-order valence-electron chi connectivity index (χ1n) is 8.21. The Morgan fingerprint density at radius 1 is 0.826 bits per heavy atom. The largest absolute Gasteiger partial charge is 0.420 e. The number of rotatable bonds is 2. The van der Waals surface area contributed by atoms with Gasteiger partial charge in [-0.15, -0.1) is 0 Å². The van der Waals surface area contributed by atoms with E-state index in [1.54, 1.807) is 0 Å². The number of carbonyl (C=O) groups excluding carboxylic acids is 1.